The molecule has 0 bridgehead atoms. The molecule has 0 amide bonds. The highest BCUT2D eigenvalue weighted by molar-refractivity contribution is 5.08. The molecule has 1 fully saturated rings. The van der Waals surface area contributed by atoms with Crippen LogP contribution < -0.4 is 5.73 Å². The molecule has 1 heterocycles. The van der Waals surface area contributed by atoms with E-state index in [1.54, 1.807) is 0 Å². The van der Waals surface area contributed by atoms with Crippen molar-refractivity contribution in [2.24, 2.45) is 17.6 Å². The fraction of sp³-hybridized carbons (Fsp3) is 0.688. The SMILES string of the molecule is CCC1CCC(C(N)CCc2cccnc2)CC1. The largest absolute Gasteiger partial charge is 0.327 e. The molecule has 2 rings (SSSR count). The number of pyridine rings is 1. The molecule has 2 nitrogen and oxygen atoms in total. The van der Waals surface area contributed by atoms with E-state index in [4.69, 9.17) is 5.73 Å². The van der Waals surface area contributed by atoms with Gasteiger partial charge >= 0.3 is 0 Å². The van der Waals surface area contributed by atoms with Gasteiger partial charge in [0.15, 0.2) is 0 Å². The van der Waals surface area contributed by atoms with E-state index >= 15 is 0 Å². The van der Waals surface area contributed by atoms with Gasteiger partial charge in [0.25, 0.3) is 0 Å². The molecular weight excluding hydrogens is 220 g/mol. The van der Waals surface area contributed by atoms with Gasteiger partial charge in [0, 0.05) is 18.4 Å². The Balaban J connectivity index is 1.73. The summed E-state index contributed by atoms with van der Waals surface area (Å²) in [5.41, 5.74) is 7.68. The fourth-order valence-corrected chi connectivity index (χ4v) is 3.14. The highest BCUT2D eigenvalue weighted by Gasteiger charge is 2.24. The lowest BCUT2D eigenvalue weighted by atomic mass is 9.77. The smallest absolute Gasteiger partial charge is 0.0299 e. The number of nitrogens with two attached hydrogens (primary N) is 1. The van der Waals surface area contributed by atoms with Crippen LogP contribution in [-0.2, 0) is 6.42 Å². The zero-order valence-electron chi connectivity index (χ0n) is 11.5. The Hall–Kier alpha value is -0.890. The summed E-state index contributed by atoms with van der Waals surface area (Å²) < 4.78 is 0. The highest BCUT2D eigenvalue weighted by Crippen LogP contribution is 2.32. The highest BCUT2D eigenvalue weighted by atomic mass is 14.7. The van der Waals surface area contributed by atoms with Crippen molar-refractivity contribution in [3.8, 4) is 0 Å². The molecule has 1 aliphatic rings. The predicted octanol–water partition coefficient (Wildman–Crippen LogP) is 3.56. The first kappa shape index (κ1) is 13.5. The average molecular weight is 246 g/mol. The maximum absolute atomic E-state index is 6.36. The van der Waals surface area contributed by atoms with Crippen LogP contribution in [0.15, 0.2) is 24.5 Å². The van der Waals surface area contributed by atoms with Crippen LogP contribution in [-0.4, -0.2) is 11.0 Å². The number of rotatable bonds is 5. The summed E-state index contributed by atoms with van der Waals surface area (Å²) in [6, 6.07) is 4.53. The van der Waals surface area contributed by atoms with E-state index in [0.717, 1.165) is 24.7 Å². The average Bonchev–Trinajstić information content (AvgIpc) is 2.46. The van der Waals surface area contributed by atoms with Crippen LogP contribution in [0.2, 0.25) is 0 Å². The maximum atomic E-state index is 6.36. The second-order valence-electron chi connectivity index (χ2n) is 5.75. The molecule has 1 aliphatic carbocycles. The first-order valence-corrected chi connectivity index (χ1v) is 7.44. The van der Waals surface area contributed by atoms with Crippen LogP contribution in [0.25, 0.3) is 0 Å². The van der Waals surface area contributed by atoms with Crippen LogP contribution in [0, 0.1) is 11.8 Å². The minimum Gasteiger partial charge on any atom is -0.327 e. The molecule has 0 spiro atoms. The van der Waals surface area contributed by atoms with Crippen molar-refractivity contribution in [1.82, 2.24) is 4.98 Å². The third kappa shape index (κ3) is 3.81. The van der Waals surface area contributed by atoms with Gasteiger partial charge in [-0.15, -0.1) is 0 Å². The van der Waals surface area contributed by atoms with Crippen LogP contribution in [0.5, 0.6) is 0 Å². The topological polar surface area (TPSA) is 38.9 Å². The van der Waals surface area contributed by atoms with Gasteiger partial charge in [-0.25, -0.2) is 0 Å². The van der Waals surface area contributed by atoms with Gasteiger partial charge < -0.3 is 5.73 Å². The van der Waals surface area contributed by atoms with E-state index < -0.39 is 0 Å². The number of aryl methyl sites for hydroxylation is 1. The van der Waals surface area contributed by atoms with E-state index in [-0.39, 0.29) is 0 Å². The molecule has 0 aliphatic heterocycles. The zero-order valence-corrected chi connectivity index (χ0v) is 11.5. The third-order valence-electron chi connectivity index (χ3n) is 4.56. The summed E-state index contributed by atoms with van der Waals surface area (Å²) in [5.74, 6) is 1.72. The lowest BCUT2D eigenvalue weighted by molar-refractivity contribution is 0.233. The Morgan fingerprint density at radius 1 is 1.33 bits per heavy atom. The molecular formula is C16H26N2. The van der Waals surface area contributed by atoms with Gasteiger partial charge in [0.05, 0.1) is 0 Å². The van der Waals surface area contributed by atoms with Crippen molar-refractivity contribution in [3.05, 3.63) is 30.1 Å². The van der Waals surface area contributed by atoms with Gasteiger partial charge in [0.1, 0.15) is 0 Å². The minimum atomic E-state index is 0.378. The third-order valence-corrected chi connectivity index (χ3v) is 4.56. The molecule has 100 valence electrons. The summed E-state index contributed by atoms with van der Waals surface area (Å²) in [6.45, 7) is 2.31. The molecule has 0 saturated heterocycles. The lowest BCUT2D eigenvalue weighted by Gasteiger charge is -2.31. The van der Waals surface area contributed by atoms with E-state index in [1.165, 1.54) is 37.7 Å². The predicted molar refractivity (Wildman–Crippen MR) is 76.3 cm³/mol. The molecule has 1 unspecified atom stereocenters. The van der Waals surface area contributed by atoms with E-state index in [9.17, 15) is 0 Å². The Bertz CT molecular complexity index is 328. The summed E-state index contributed by atoms with van der Waals surface area (Å²) >= 11 is 0. The maximum Gasteiger partial charge on any atom is 0.0299 e. The second-order valence-corrected chi connectivity index (χ2v) is 5.75. The van der Waals surface area contributed by atoms with Crippen LogP contribution >= 0.6 is 0 Å². The second kappa shape index (κ2) is 6.89. The molecule has 2 N–H and O–H groups in total. The van der Waals surface area contributed by atoms with E-state index in [1.807, 2.05) is 18.5 Å². The standard InChI is InChI=1S/C16H26N2/c1-2-13-5-8-15(9-6-13)16(17)10-7-14-4-3-11-18-12-14/h3-4,11-13,15-16H,2,5-10,17H2,1H3. The zero-order chi connectivity index (χ0) is 12.8. The monoisotopic (exact) mass is 246 g/mol. The summed E-state index contributed by atoms with van der Waals surface area (Å²) in [4.78, 5) is 4.16. The van der Waals surface area contributed by atoms with E-state index in [0.29, 0.717) is 6.04 Å². The van der Waals surface area contributed by atoms with E-state index in [2.05, 4.69) is 18.0 Å². The van der Waals surface area contributed by atoms with Crippen molar-refractivity contribution in [1.29, 1.82) is 0 Å². The van der Waals surface area contributed by atoms with Crippen molar-refractivity contribution in [3.63, 3.8) is 0 Å². The van der Waals surface area contributed by atoms with Gasteiger partial charge in [-0.2, -0.15) is 0 Å². The Kier molecular flexibility index (Phi) is 5.18. The molecule has 0 aromatic carbocycles. The molecule has 1 aromatic heterocycles. The fourth-order valence-electron chi connectivity index (χ4n) is 3.14. The normalized spacial score (nSPS) is 25.9. The molecule has 1 saturated carbocycles. The van der Waals surface area contributed by atoms with Crippen molar-refractivity contribution in [2.75, 3.05) is 0 Å². The lowest BCUT2D eigenvalue weighted by Crippen LogP contribution is -2.33. The number of nitrogens with zero attached hydrogens (tertiary/aromatic N) is 1. The quantitative estimate of drug-likeness (QED) is 0.862. The Labute approximate surface area is 111 Å². The first-order valence-electron chi connectivity index (χ1n) is 7.44. The molecule has 1 atom stereocenters. The van der Waals surface area contributed by atoms with Crippen LogP contribution in [0.1, 0.15) is 51.0 Å². The van der Waals surface area contributed by atoms with Gasteiger partial charge in [-0.05, 0) is 49.1 Å². The number of hydrogen-bond donors (Lipinski definition) is 1. The molecule has 2 heteroatoms. The Morgan fingerprint density at radius 2 is 2.11 bits per heavy atom. The van der Waals surface area contributed by atoms with Crippen molar-refractivity contribution >= 4 is 0 Å². The minimum absolute atomic E-state index is 0.378. The van der Waals surface area contributed by atoms with Crippen LogP contribution in [0.4, 0.5) is 0 Å². The van der Waals surface area contributed by atoms with Gasteiger partial charge in [0.2, 0.25) is 0 Å². The van der Waals surface area contributed by atoms with Gasteiger partial charge in [-0.3, -0.25) is 4.98 Å². The molecule has 0 radical (unpaired) electrons. The molecule has 18 heavy (non-hydrogen) atoms. The number of aromatic nitrogens is 1. The summed E-state index contributed by atoms with van der Waals surface area (Å²) in [7, 11) is 0. The van der Waals surface area contributed by atoms with Crippen molar-refractivity contribution in [2.45, 2.75) is 57.9 Å². The van der Waals surface area contributed by atoms with Crippen molar-refractivity contribution < 1.29 is 0 Å². The first-order chi connectivity index (χ1) is 8.79. The van der Waals surface area contributed by atoms with Gasteiger partial charge in [-0.1, -0.05) is 32.3 Å². The van der Waals surface area contributed by atoms with Crippen LogP contribution in [0.3, 0.4) is 0 Å². The summed E-state index contributed by atoms with van der Waals surface area (Å²) in [6.07, 6.45) is 12.8. The Morgan fingerprint density at radius 3 is 2.72 bits per heavy atom. The summed E-state index contributed by atoms with van der Waals surface area (Å²) in [5, 5.41) is 0. The molecule has 1 aromatic rings. The number of hydrogen-bond acceptors (Lipinski definition) is 2.